The fourth-order valence-electron chi connectivity index (χ4n) is 2.78. The minimum Gasteiger partial charge on any atom is -0.490 e. The molecule has 30 heavy (non-hydrogen) atoms. The Labute approximate surface area is 173 Å². The van der Waals surface area contributed by atoms with Crippen LogP contribution < -0.4 is 9.47 Å². The van der Waals surface area contributed by atoms with Crippen LogP contribution in [0.5, 0.6) is 11.5 Å². The van der Waals surface area contributed by atoms with Crippen LogP contribution in [0, 0.1) is 17.0 Å². The fraction of sp³-hybridized carbons (Fsp3) is 0.182. The van der Waals surface area contributed by atoms with Crippen molar-refractivity contribution in [2.75, 3.05) is 13.2 Å². The van der Waals surface area contributed by atoms with Crippen molar-refractivity contribution in [2.45, 2.75) is 13.8 Å². The van der Waals surface area contributed by atoms with Gasteiger partial charge in [-0.2, -0.15) is 0 Å². The van der Waals surface area contributed by atoms with E-state index in [0.29, 0.717) is 41.4 Å². The normalized spacial score (nSPS) is 14.3. The summed E-state index contributed by atoms with van der Waals surface area (Å²) in [4.78, 5) is 27.1. The van der Waals surface area contributed by atoms with Gasteiger partial charge in [-0.15, -0.1) is 0 Å². The zero-order chi connectivity index (χ0) is 21.7. The zero-order valence-electron chi connectivity index (χ0n) is 16.6. The molecule has 0 saturated heterocycles. The Balaban J connectivity index is 1.92. The highest BCUT2D eigenvalue weighted by molar-refractivity contribution is 6.13. The highest BCUT2D eigenvalue weighted by Gasteiger charge is 2.26. The van der Waals surface area contributed by atoms with E-state index in [1.54, 1.807) is 49.4 Å². The average Bonchev–Trinajstić information content (AvgIpc) is 3.08. The first-order chi connectivity index (χ1) is 14.4. The number of esters is 1. The molecule has 0 bridgehead atoms. The SMILES string of the molecule is C=CCOc1ccc(/C=C2\N=C(c3ccc(C)c([N+](=O)[O-])c3)OC2=O)cc1OCC. The van der Waals surface area contributed by atoms with Crippen LogP contribution in [-0.2, 0) is 9.53 Å². The number of ether oxygens (including phenoxy) is 3. The molecule has 154 valence electrons. The lowest BCUT2D eigenvalue weighted by molar-refractivity contribution is -0.385. The van der Waals surface area contributed by atoms with E-state index in [9.17, 15) is 14.9 Å². The maximum Gasteiger partial charge on any atom is 0.363 e. The van der Waals surface area contributed by atoms with Gasteiger partial charge in [-0.25, -0.2) is 9.79 Å². The summed E-state index contributed by atoms with van der Waals surface area (Å²) < 4.78 is 16.4. The van der Waals surface area contributed by atoms with Gasteiger partial charge in [0.15, 0.2) is 17.2 Å². The predicted molar refractivity (Wildman–Crippen MR) is 112 cm³/mol. The van der Waals surface area contributed by atoms with Crippen molar-refractivity contribution in [3.8, 4) is 11.5 Å². The summed E-state index contributed by atoms with van der Waals surface area (Å²) in [5.41, 5.74) is 1.53. The number of nitrogens with zero attached hydrogens (tertiary/aromatic N) is 2. The Bertz CT molecular complexity index is 1070. The average molecular weight is 408 g/mol. The smallest absolute Gasteiger partial charge is 0.363 e. The van der Waals surface area contributed by atoms with Gasteiger partial charge < -0.3 is 14.2 Å². The Morgan fingerprint density at radius 2 is 2.00 bits per heavy atom. The molecule has 0 amide bonds. The van der Waals surface area contributed by atoms with Crippen LogP contribution in [0.2, 0.25) is 0 Å². The van der Waals surface area contributed by atoms with Gasteiger partial charge in [0.25, 0.3) is 5.69 Å². The highest BCUT2D eigenvalue weighted by atomic mass is 16.6. The van der Waals surface area contributed by atoms with E-state index >= 15 is 0 Å². The summed E-state index contributed by atoms with van der Waals surface area (Å²) in [5, 5.41) is 11.2. The van der Waals surface area contributed by atoms with Gasteiger partial charge >= 0.3 is 5.97 Å². The van der Waals surface area contributed by atoms with Crippen LogP contribution in [0.15, 0.2) is 59.7 Å². The Hall–Kier alpha value is -3.94. The second-order valence-corrected chi connectivity index (χ2v) is 6.33. The van der Waals surface area contributed by atoms with Gasteiger partial charge in [-0.3, -0.25) is 10.1 Å². The number of carbonyl (C=O) groups is 1. The monoisotopic (exact) mass is 408 g/mol. The molecule has 0 unspecified atom stereocenters. The van der Waals surface area contributed by atoms with E-state index in [4.69, 9.17) is 14.2 Å². The van der Waals surface area contributed by atoms with Gasteiger partial charge in [0.05, 0.1) is 11.5 Å². The lowest BCUT2D eigenvalue weighted by atomic mass is 10.1. The molecule has 0 spiro atoms. The van der Waals surface area contributed by atoms with Crippen LogP contribution >= 0.6 is 0 Å². The molecule has 2 aromatic carbocycles. The molecule has 0 aliphatic carbocycles. The van der Waals surface area contributed by atoms with Gasteiger partial charge in [-0.05, 0) is 43.7 Å². The molecule has 8 heteroatoms. The van der Waals surface area contributed by atoms with Crippen molar-refractivity contribution in [1.29, 1.82) is 0 Å². The lowest BCUT2D eigenvalue weighted by Crippen LogP contribution is -2.06. The third-order valence-electron chi connectivity index (χ3n) is 4.20. The number of aryl methyl sites for hydroxylation is 1. The van der Waals surface area contributed by atoms with Crippen LogP contribution in [0.4, 0.5) is 5.69 Å². The third kappa shape index (κ3) is 4.54. The summed E-state index contributed by atoms with van der Waals surface area (Å²) >= 11 is 0. The van der Waals surface area contributed by atoms with Crippen LogP contribution in [0.3, 0.4) is 0 Å². The standard InChI is InChI=1S/C22H20N2O6/c1-4-10-29-19-9-7-15(12-20(19)28-5-2)11-17-22(25)30-21(23-17)16-8-6-14(3)18(13-16)24(26)27/h4,6-9,11-13H,1,5,10H2,2-3H3/b17-11-. The second-order valence-electron chi connectivity index (χ2n) is 6.33. The van der Waals surface area contributed by atoms with Gasteiger partial charge in [0.1, 0.15) is 6.61 Å². The van der Waals surface area contributed by atoms with Gasteiger partial charge in [-0.1, -0.05) is 24.8 Å². The number of nitro groups is 1. The molecular weight excluding hydrogens is 388 g/mol. The fourth-order valence-corrected chi connectivity index (χ4v) is 2.78. The maximum atomic E-state index is 12.3. The van der Waals surface area contributed by atoms with Crippen molar-refractivity contribution in [3.63, 3.8) is 0 Å². The predicted octanol–water partition coefficient (Wildman–Crippen LogP) is 4.21. The number of hydrogen-bond donors (Lipinski definition) is 0. The molecule has 1 aliphatic heterocycles. The summed E-state index contributed by atoms with van der Waals surface area (Å²) in [5.74, 6) is 0.464. The van der Waals surface area contributed by atoms with Crippen LogP contribution in [0.1, 0.15) is 23.6 Å². The first-order valence-electron chi connectivity index (χ1n) is 9.21. The number of aliphatic imine (C=N–C) groups is 1. The molecule has 0 N–H and O–H groups in total. The third-order valence-corrected chi connectivity index (χ3v) is 4.20. The number of benzene rings is 2. The number of carbonyl (C=O) groups excluding carboxylic acids is 1. The Morgan fingerprint density at radius 1 is 1.20 bits per heavy atom. The minimum atomic E-state index is -0.641. The molecule has 0 radical (unpaired) electrons. The van der Waals surface area contributed by atoms with E-state index in [0.717, 1.165) is 0 Å². The molecule has 0 atom stereocenters. The molecule has 2 aromatic rings. The van der Waals surface area contributed by atoms with Crippen molar-refractivity contribution >= 4 is 23.6 Å². The largest absolute Gasteiger partial charge is 0.490 e. The molecule has 1 aliphatic rings. The number of nitro benzene ring substituents is 1. The van der Waals surface area contributed by atoms with Crippen molar-refractivity contribution in [3.05, 3.63) is 81.6 Å². The molecule has 1 heterocycles. The van der Waals surface area contributed by atoms with E-state index in [-0.39, 0.29) is 17.3 Å². The summed E-state index contributed by atoms with van der Waals surface area (Å²) in [7, 11) is 0. The summed E-state index contributed by atoms with van der Waals surface area (Å²) in [6.45, 7) is 7.89. The topological polar surface area (TPSA) is 100 Å². The van der Waals surface area contributed by atoms with E-state index < -0.39 is 10.9 Å². The Kier molecular flexibility index (Phi) is 6.26. The quantitative estimate of drug-likeness (QED) is 0.213. The number of rotatable bonds is 8. The minimum absolute atomic E-state index is 0.0188. The number of hydrogen-bond acceptors (Lipinski definition) is 7. The second kappa shape index (κ2) is 9.04. The highest BCUT2D eigenvalue weighted by Crippen LogP contribution is 2.30. The van der Waals surface area contributed by atoms with Gasteiger partial charge in [0, 0.05) is 17.2 Å². The van der Waals surface area contributed by atoms with Crippen molar-refractivity contribution in [2.24, 2.45) is 4.99 Å². The molecule has 0 saturated carbocycles. The van der Waals surface area contributed by atoms with Gasteiger partial charge in [0.2, 0.25) is 5.90 Å². The first-order valence-corrected chi connectivity index (χ1v) is 9.21. The van der Waals surface area contributed by atoms with Crippen molar-refractivity contribution in [1.82, 2.24) is 0 Å². The van der Waals surface area contributed by atoms with Crippen molar-refractivity contribution < 1.29 is 23.9 Å². The lowest BCUT2D eigenvalue weighted by Gasteiger charge is -2.11. The molecular formula is C22H20N2O6. The Morgan fingerprint density at radius 3 is 2.70 bits per heavy atom. The number of cyclic esters (lactones) is 1. The van der Waals surface area contributed by atoms with Crippen LogP contribution in [-0.4, -0.2) is 30.0 Å². The van der Waals surface area contributed by atoms with Crippen LogP contribution in [0.25, 0.3) is 6.08 Å². The summed E-state index contributed by atoms with van der Waals surface area (Å²) in [6.07, 6.45) is 3.18. The van der Waals surface area contributed by atoms with E-state index in [2.05, 4.69) is 11.6 Å². The van der Waals surface area contributed by atoms with E-state index in [1.807, 2.05) is 6.92 Å². The molecule has 0 aromatic heterocycles. The molecule has 3 rings (SSSR count). The zero-order valence-corrected chi connectivity index (χ0v) is 16.6. The first kappa shape index (κ1) is 20.8. The summed E-state index contributed by atoms with van der Waals surface area (Å²) in [6, 6.07) is 9.76. The maximum absolute atomic E-state index is 12.3. The molecule has 8 nitrogen and oxygen atoms in total. The van der Waals surface area contributed by atoms with E-state index in [1.165, 1.54) is 6.07 Å². The molecule has 0 fully saturated rings.